The summed E-state index contributed by atoms with van der Waals surface area (Å²) in [6.07, 6.45) is -3.60. The van der Waals surface area contributed by atoms with E-state index in [-0.39, 0.29) is 11.2 Å². The summed E-state index contributed by atoms with van der Waals surface area (Å²) < 4.78 is 61.7. The molecule has 2 aromatic rings. The lowest BCUT2D eigenvalue weighted by molar-refractivity contribution is -0.137. The second-order valence-electron chi connectivity index (χ2n) is 3.70. The van der Waals surface area contributed by atoms with E-state index in [4.69, 9.17) is 0 Å². The Morgan fingerprint density at radius 1 is 1.33 bits per heavy atom. The van der Waals surface area contributed by atoms with Gasteiger partial charge >= 0.3 is 6.18 Å². The zero-order valence-corrected chi connectivity index (χ0v) is 9.85. The number of aromatic nitrogens is 2. The van der Waals surface area contributed by atoms with Crippen molar-refractivity contribution in [1.29, 1.82) is 0 Å². The highest BCUT2D eigenvalue weighted by Crippen LogP contribution is 2.32. The lowest BCUT2D eigenvalue weighted by Crippen LogP contribution is -2.10. The first-order chi connectivity index (χ1) is 8.17. The van der Waals surface area contributed by atoms with Crippen LogP contribution in [0.25, 0.3) is 10.9 Å². The normalized spacial score (nSPS) is 12.9. The fraction of sp³-hybridized carbons (Fsp3) is 0.222. The molecule has 0 saturated heterocycles. The van der Waals surface area contributed by atoms with Gasteiger partial charge in [0.2, 0.25) is 10.0 Å². The van der Waals surface area contributed by atoms with Gasteiger partial charge in [-0.05, 0) is 18.2 Å². The average molecular weight is 279 g/mol. The topological polar surface area (TPSA) is 74.8 Å². The highest BCUT2D eigenvalue weighted by Gasteiger charge is 2.31. The summed E-state index contributed by atoms with van der Waals surface area (Å²) in [6, 6.07) is 2.93. The SMILES string of the molecule is CS(=O)(=O)Nc1n[nH]c2ccc(C(F)(F)F)cc12. The number of hydrogen-bond donors (Lipinski definition) is 2. The van der Waals surface area contributed by atoms with Crippen molar-refractivity contribution >= 4 is 26.7 Å². The third-order valence-electron chi connectivity index (χ3n) is 2.17. The second kappa shape index (κ2) is 3.87. The zero-order chi connectivity index (χ0) is 13.6. The number of hydrogen-bond acceptors (Lipinski definition) is 3. The van der Waals surface area contributed by atoms with E-state index in [9.17, 15) is 21.6 Å². The van der Waals surface area contributed by atoms with Gasteiger partial charge in [-0.2, -0.15) is 18.3 Å². The highest BCUT2D eigenvalue weighted by molar-refractivity contribution is 7.92. The largest absolute Gasteiger partial charge is 0.416 e. The molecule has 18 heavy (non-hydrogen) atoms. The standard InChI is InChI=1S/C9H8F3N3O2S/c1-18(16,17)15-8-6-4-5(9(10,11)12)2-3-7(6)13-14-8/h2-4H,1H3,(H2,13,14,15). The number of rotatable bonds is 2. The van der Waals surface area contributed by atoms with Gasteiger partial charge in [-0.1, -0.05) is 0 Å². The summed E-state index contributed by atoms with van der Waals surface area (Å²) in [5.74, 6) is -0.154. The second-order valence-corrected chi connectivity index (χ2v) is 5.45. The first-order valence-electron chi connectivity index (χ1n) is 4.70. The number of H-pyrrole nitrogens is 1. The van der Waals surface area contributed by atoms with Crippen molar-refractivity contribution in [2.75, 3.05) is 11.0 Å². The van der Waals surface area contributed by atoms with Crippen molar-refractivity contribution < 1.29 is 21.6 Å². The van der Waals surface area contributed by atoms with Gasteiger partial charge in [0.1, 0.15) is 0 Å². The van der Waals surface area contributed by atoms with Gasteiger partial charge in [-0.3, -0.25) is 9.82 Å². The number of fused-ring (bicyclic) bond motifs is 1. The van der Waals surface area contributed by atoms with Crippen molar-refractivity contribution in [3.05, 3.63) is 23.8 Å². The molecule has 1 aromatic heterocycles. The van der Waals surface area contributed by atoms with Crippen molar-refractivity contribution in [3.8, 4) is 0 Å². The number of benzene rings is 1. The Bertz CT molecular complexity index is 691. The molecule has 2 rings (SSSR count). The molecule has 98 valence electrons. The van der Waals surface area contributed by atoms with Gasteiger partial charge < -0.3 is 0 Å². The summed E-state index contributed by atoms with van der Waals surface area (Å²) >= 11 is 0. The van der Waals surface area contributed by atoms with E-state index in [0.717, 1.165) is 18.4 Å². The molecule has 0 unspecified atom stereocenters. The Morgan fingerprint density at radius 3 is 2.56 bits per heavy atom. The van der Waals surface area contributed by atoms with Crippen molar-refractivity contribution in [1.82, 2.24) is 10.2 Å². The number of sulfonamides is 1. The van der Waals surface area contributed by atoms with Crippen LogP contribution in [0.15, 0.2) is 18.2 Å². The summed E-state index contributed by atoms with van der Waals surface area (Å²) in [5.41, 5.74) is -0.554. The zero-order valence-electron chi connectivity index (χ0n) is 9.04. The van der Waals surface area contributed by atoms with Crippen LogP contribution in [-0.2, 0) is 16.2 Å². The third-order valence-corrected chi connectivity index (χ3v) is 2.74. The molecule has 0 saturated carbocycles. The van der Waals surface area contributed by atoms with Crippen LogP contribution >= 0.6 is 0 Å². The minimum atomic E-state index is -4.49. The van der Waals surface area contributed by atoms with E-state index < -0.39 is 21.8 Å². The molecule has 9 heteroatoms. The van der Waals surface area contributed by atoms with Crippen LogP contribution in [0.4, 0.5) is 19.0 Å². The van der Waals surface area contributed by atoms with E-state index in [1.807, 2.05) is 4.72 Å². The number of aromatic amines is 1. The molecule has 0 aliphatic carbocycles. The maximum atomic E-state index is 12.5. The van der Waals surface area contributed by atoms with Crippen LogP contribution in [0.3, 0.4) is 0 Å². The van der Waals surface area contributed by atoms with E-state index >= 15 is 0 Å². The fourth-order valence-electron chi connectivity index (χ4n) is 1.44. The van der Waals surface area contributed by atoms with E-state index in [2.05, 4.69) is 10.2 Å². The predicted octanol–water partition coefficient (Wildman–Crippen LogP) is 1.95. The molecule has 0 fully saturated rings. The van der Waals surface area contributed by atoms with Crippen LogP contribution < -0.4 is 4.72 Å². The van der Waals surface area contributed by atoms with E-state index in [1.165, 1.54) is 6.07 Å². The van der Waals surface area contributed by atoms with Crippen LogP contribution in [0, 0.1) is 0 Å². The number of nitrogens with one attached hydrogen (secondary N) is 2. The van der Waals surface area contributed by atoms with Gasteiger partial charge in [-0.25, -0.2) is 8.42 Å². The highest BCUT2D eigenvalue weighted by atomic mass is 32.2. The number of nitrogens with zero attached hydrogens (tertiary/aromatic N) is 1. The van der Waals surface area contributed by atoms with Gasteiger partial charge in [0.15, 0.2) is 5.82 Å². The first-order valence-corrected chi connectivity index (χ1v) is 6.59. The Labute approximate surface area is 100 Å². The minimum Gasteiger partial charge on any atom is -0.276 e. The summed E-state index contributed by atoms with van der Waals surface area (Å²) in [7, 11) is -3.60. The van der Waals surface area contributed by atoms with E-state index in [0.29, 0.717) is 5.52 Å². The Balaban J connectivity index is 2.57. The monoisotopic (exact) mass is 279 g/mol. The van der Waals surface area contributed by atoms with Crippen LogP contribution in [0.2, 0.25) is 0 Å². The lowest BCUT2D eigenvalue weighted by atomic mass is 10.1. The molecule has 0 spiro atoms. The predicted molar refractivity (Wildman–Crippen MR) is 59.6 cm³/mol. The third kappa shape index (κ3) is 2.55. The van der Waals surface area contributed by atoms with Crippen molar-refractivity contribution in [3.63, 3.8) is 0 Å². The summed E-state index contributed by atoms with van der Waals surface area (Å²) in [6.45, 7) is 0. The van der Waals surface area contributed by atoms with Crippen molar-refractivity contribution in [2.45, 2.75) is 6.18 Å². The van der Waals surface area contributed by atoms with E-state index in [1.54, 1.807) is 0 Å². The molecule has 0 aliphatic rings. The molecule has 0 atom stereocenters. The average Bonchev–Trinajstić information content (AvgIpc) is 2.57. The molecule has 1 heterocycles. The molecule has 0 aliphatic heterocycles. The van der Waals surface area contributed by atoms with Gasteiger partial charge in [-0.15, -0.1) is 0 Å². The smallest absolute Gasteiger partial charge is 0.276 e. The number of halogens is 3. The molecule has 0 amide bonds. The quantitative estimate of drug-likeness (QED) is 0.882. The number of anilines is 1. The van der Waals surface area contributed by atoms with Crippen LogP contribution in [0.1, 0.15) is 5.56 Å². The Morgan fingerprint density at radius 2 is 2.00 bits per heavy atom. The maximum Gasteiger partial charge on any atom is 0.416 e. The Hall–Kier alpha value is -1.77. The molecule has 5 nitrogen and oxygen atoms in total. The molecular weight excluding hydrogens is 271 g/mol. The molecular formula is C9H8F3N3O2S. The molecule has 0 bridgehead atoms. The van der Waals surface area contributed by atoms with Crippen LogP contribution in [-0.4, -0.2) is 24.9 Å². The summed E-state index contributed by atoms with van der Waals surface area (Å²) in [5, 5.41) is 6.13. The van der Waals surface area contributed by atoms with Gasteiger partial charge in [0.05, 0.1) is 17.3 Å². The first kappa shape index (κ1) is 12.7. The molecule has 2 N–H and O–H groups in total. The van der Waals surface area contributed by atoms with Crippen molar-refractivity contribution in [2.24, 2.45) is 0 Å². The minimum absolute atomic E-state index is 0.0650. The molecule has 0 radical (unpaired) electrons. The maximum absolute atomic E-state index is 12.5. The number of alkyl halides is 3. The van der Waals surface area contributed by atoms with Gasteiger partial charge in [0.25, 0.3) is 0 Å². The lowest BCUT2D eigenvalue weighted by Gasteiger charge is -2.06. The Kier molecular flexibility index (Phi) is 2.73. The summed E-state index contributed by atoms with van der Waals surface area (Å²) in [4.78, 5) is 0. The van der Waals surface area contributed by atoms with Crippen LogP contribution in [0.5, 0.6) is 0 Å². The fourth-order valence-corrected chi connectivity index (χ4v) is 1.95. The van der Waals surface area contributed by atoms with Gasteiger partial charge in [0, 0.05) is 5.39 Å². The molecule has 1 aromatic carbocycles.